The van der Waals surface area contributed by atoms with E-state index in [2.05, 4.69) is 0 Å². The number of rotatable bonds is 7. The molecule has 0 saturated carbocycles. The zero-order valence-electron chi connectivity index (χ0n) is 10.8. The van der Waals surface area contributed by atoms with Crippen LogP contribution in [-0.4, -0.2) is 18.6 Å². The molecule has 1 aromatic heterocycles. The number of ether oxygens (including phenoxy) is 1. The molecule has 0 bridgehead atoms. The predicted molar refractivity (Wildman–Crippen MR) is 81.6 cm³/mol. The van der Waals surface area contributed by atoms with E-state index in [4.69, 9.17) is 4.74 Å². The van der Waals surface area contributed by atoms with Gasteiger partial charge in [-0.15, -0.1) is 23.1 Å². The normalized spacial score (nSPS) is 10.4. The lowest BCUT2D eigenvalue weighted by Gasteiger charge is -2.06. The van der Waals surface area contributed by atoms with E-state index in [1.165, 1.54) is 16.2 Å². The summed E-state index contributed by atoms with van der Waals surface area (Å²) in [4.78, 5) is 13.8. The van der Waals surface area contributed by atoms with Gasteiger partial charge >= 0.3 is 0 Å². The van der Waals surface area contributed by atoms with Crippen molar-refractivity contribution in [2.75, 3.05) is 12.9 Å². The Labute approximate surface area is 121 Å². The van der Waals surface area contributed by atoms with E-state index in [0.717, 1.165) is 17.0 Å². The van der Waals surface area contributed by atoms with Crippen molar-refractivity contribution in [3.05, 3.63) is 46.7 Å². The van der Waals surface area contributed by atoms with Gasteiger partial charge in [-0.2, -0.15) is 0 Å². The summed E-state index contributed by atoms with van der Waals surface area (Å²) in [5.41, 5.74) is 0. The van der Waals surface area contributed by atoms with Crippen LogP contribution in [0.2, 0.25) is 0 Å². The molecule has 0 aliphatic heterocycles. The van der Waals surface area contributed by atoms with Crippen molar-refractivity contribution in [2.24, 2.45) is 0 Å². The average Bonchev–Trinajstić information content (AvgIpc) is 2.98. The lowest BCUT2D eigenvalue weighted by molar-refractivity contribution is 0.0977. The Bertz CT molecular complexity index is 503. The molecule has 0 atom stereocenters. The van der Waals surface area contributed by atoms with E-state index >= 15 is 0 Å². The molecule has 0 aliphatic rings. The minimum Gasteiger partial charge on any atom is -0.494 e. The maximum atomic E-state index is 11.8. The lowest BCUT2D eigenvalue weighted by atomic mass is 10.2. The third kappa shape index (κ3) is 4.40. The number of benzene rings is 1. The molecule has 0 saturated heterocycles. The van der Waals surface area contributed by atoms with Crippen LogP contribution in [0.25, 0.3) is 0 Å². The largest absolute Gasteiger partial charge is 0.494 e. The van der Waals surface area contributed by atoms with Gasteiger partial charge in [-0.1, -0.05) is 6.07 Å². The minimum atomic E-state index is 0.205. The monoisotopic (exact) mass is 292 g/mol. The Morgan fingerprint density at radius 3 is 2.68 bits per heavy atom. The van der Waals surface area contributed by atoms with E-state index in [-0.39, 0.29) is 5.78 Å². The van der Waals surface area contributed by atoms with Gasteiger partial charge in [0.2, 0.25) is 0 Å². The first-order valence-electron chi connectivity index (χ1n) is 6.13. The Kier molecular flexibility index (Phi) is 5.48. The number of thiophene rings is 1. The summed E-state index contributed by atoms with van der Waals surface area (Å²) in [6, 6.07) is 11.8. The van der Waals surface area contributed by atoms with Crippen molar-refractivity contribution in [1.82, 2.24) is 0 Å². The summed E-state index contributed by atoms with van der Waals surface area (Å²) >= 11 is 3.21. The second-order valence-corrected chi connectivity index (χ2v) is 5.86. The first-order valence-corrected chi connectivity index (χ1v) is 8.23. The van der Waals surface area contributed by atoms with E-state index < -0.39 is 0 Å². The van der Waals surface area contributed by atoms with Crippen molar-refractivity contribution in [3.63, 3.8) is 0 Å². The number of ketones is 1. The Balaban J connectivity index is 1.70. The van der Waals surface area contributed by atoms with Gasteiger partial charge in [-0.3, -0.25) is 4.79 Å². The van der Waals surface area contributed by atoms with Gasteiger partial charge in [-0.05, 0) is 48.4 Å². The van der Waals surface area contributed by atoms with Gasteiger partial charge < -0.3 is 4.74 Å². The topological polar surface area (TPSA) is 26.3 Å². The van der Waals surface area contributed by atoms with Gasteiger partial charge in [-0.25, -0.2) is 0 Å². The number of thioether (sulfide) groups is 1. The van der Waals surface area contributed by atoms with E-state index in [1.807, 2.05) is 48.0 Å². The Hall–Kier alpha value is -1.26. The number of carbonyl (C=O) groups excluding carboxylic acids is 1. The maximum absolute atomic E-state index is 11.8. The van der Waals surface area contributed by atoms with Crippen LogP contribution in [0, 0.1) is 0 Å². The number of hydrogen-bond acceptors (Lipinski definition) is 4. The predicted octanol–water partition coefficient (Wildman–Crippen LogP) is 4.51. The standard InChI is InChI=1S/C15H16O2S2/c1-18-13-8-6-12(7-9-13)17-10-2-4-14(16)15-5-3-11-19-15/h3,5-9,11H,2,4,10H2,1H3. The fraction of sp³-hybridized carbons (Fsp3) is 0.267. The molecule has 0 amide bonds. The average molecular weight is 292 g/mol. The third-order valence-electron chi connectivity index (χ3n) is 2.67. The first kappa shape index (κ1) is 14.2. The third-order valence-corrected chi connectivity index (χ3v) is 4.33. The van der Waals surface area contributed by atoms with Crippen molar-refractivity contribution >= 4 is 28.9 Å². The molecule has 1 heterocycles. The van der Waals surface area contributed by atoms with Crippen molar-refractivity contribution in [1.29, 1.82) is 0 Å². The number of carbonyl (C=O) groups is 1. The second-order valence-electron chi connectivity index (χ2n) is 4.03. The van der Waals surface area contributed by atoms with Crippen LogP contribution in [-0.2, 0) is 0 Å². The Morgan fingerprint density at radius 1 is 1.26 bits per heavy atom. The molecule has 2 rings (SSSR count). The zero-order chi connectivity index (χ0) is 13.5. The molecular formula is C15H16O2S2. The molecular weight excluding hydrogens is 276 g/mol. The van der Waals surface area contributed by atoms with E-state index in [1.54, 1.807) is 11.8 Å². The molecule has 2 aromatic rings. The van der Waals surface area contributed by atoms with Gasteiger partial charge in [0.05, 0.1) is 11.5 Å². The highest BCUT2D eigenvalue weighted by molar-refractivity contribution is 7.98. The lowest BCUT2D eigenvalue weighted by Crippen LogP contribution is -2.02. The molecule has 19 heavy (non-hydrogen) atoms. The smallest absolute Gasteiger partial charge is 0.172 e. The van der Waals surface area contributed by atoms with Crippen LogP contribution in [0.3, 0.4) is 0 Å². The molecule has 1 aromatic carbocycles. The maximum Gasteiger partial charge on any atom is 0.172 e. The molecule has 0 radical (unpaired) electrons. The molecule has 100 valence electrons. The van der Waals surface area contributed by atoms with Gasteiger partial charge in [0.15, 0.2) is 5.78 Å². The summed E-state index contributed by atoms with van der Waals surface area (Å²) in [6.07, 6.45) is 3.34. The molecule has 0 spiro atoms. The molecule has 0 fully saturated rings. The number of hydrogen-bond donors (Lipinski definition) is 0. The van der Waals surface area contributed by atoms with Gasteiger partial charge in [0, 0.05) is 11.3 Å². The zero-order valence-corrected chi connectivity index (χ0v) is 12.4. The summed E-state index contributed by atoms with van der Waals surface area (Å²) < 4.78 is 5.62. The minimum absolute atomic E-state index is 0.205. The first-order chi connectivity index (χ1) is 9.29. The molecule has 0 unspecified atom stereocenters. The highest BCUT2D eigenvalue weighted by Gasteiger charge is 2.06. The van der Waals surface area contributed by atoms with Crippen molar-refractivity contribution in [2.45, 2.75) is 17.7 Å². The highest BCUT2D eigenvalue weighted by Crippen LogP contribution is 2.19. The van der Waals surface area contributed by atoms with Crippen LogP contribution in [0.5, 0.6) is 5.75 Å². The summed E-state index contributed by atoms with van der Waals surface area (Å²) in [5.74, 6) is 1.07. The van der Waals surface area contributed by atoms with Crippen molar-refractivity contribution < 1.29 is 9.53 Å². The molecule has 4 heteroatoms. The van der Waals surface area contributed by atoms with Crippen LogP contribution >= 0.6 is 23.1 Å². The Morgan fingerprint density at radius 2 is 2.05 bits per heavy atom. The molecule has 0 aliphatic carbocycles. The van der Waals surface area contributed by atoms with Crippen molar-refractivity contribution in [3.8, 4) is 5.75 Å². The van der Waals surface area contributed by atoms with E-state index in [0.29, 0.717) is 13.0 Å². The van der Waals surface area contributed by atoms with Gasteiger partial charge in [0.25, 0.3) is 0 Å². The SMILES string of the molecule is CSc1ccc(OCCCC(=O)c2cccs2)cc1. The fourth-order valence-corrected chi connectivity index (χ4v) is 2.76. The quantitative estimate of drug-likeness (QED) is 0.426. The fourth-order valence-electron chi connectivity index (χ4n) is 1.66. The molecule has 2 nitrogen and oxygen atoms in total. The number of Topliss-reactive ketones (excluding diaryl/α,β-unsaturated/α-hetero) is 1. The van der Waals surface area contributed by atoms with Crippen LogP contribution in [0.15, 0.2) is 46.7 Å². The highest BCUT2D eigenvalue weighted by atomic mass is 32.2. The van der Waals surface area contributed by atoms with Crippen LogP contribution < -0.4 is 4.74 Å². The van der Waals surface area contributed by atoms with E-state index in [9.17, 15) is 4.79 Å². The van der Waals surface area contributed by atoms with Crippen LogP contribution in [0.4, 0.5) is 0 Å². The second kappa shape index (κ2) is 7.36. The molecule has 0 N–H and O–H groups in total. The summed E-state index contributed by atoms with van der Waals surface area (Å²) in [6.45, 7) is 0.579. The summed E-state index contributed by atoms with van der Waals surface area (Å²) in [7, 11) is 0. The van der Waals surface area contributed by atoms with Gasteiger partial charge in [0.1, 0.15) is 5.75 Å². The van der Waals surface area contributed by atoms with Crippen LogP contribution in [0.1, 0.15) is 22.5 Å². The summed E-state index contributed by atoms with van der Waals surface area (Å²) in [5, 5.41) is 1.93.